The fourth-order valence-electron chi connectivity index (χ4n) is 3.12. The van der Waals surface area contributed by atoms with Gasteiger partial charge in [0.25, 0.3) is 11.8 Å². The number of esters is 1. The van der Waals surface area contributed by atoms with Crippen molar-refractivity contribution in [1.29, 1.82) is 0 Å². The zero-order valence-electron chi connectivity index (χ0n) is 14.3. The van der Waals surface area contributed by atoms with Gasteiger partial charge in [0.15, 0.2) is 6.10 Å². The van der Waals surface area contributed by atoms with Gasteiger partial charge in [-0.05, 0) is 23.8 Å². The van der Waals surface area contributed by atoms with Crippen molar-refractivity contribution in [3.8, 4) is 0 Å². The molecule has 0 radical (unpaired) electrons. The second-order valence-electron chi connectivity index (χ2n) is 6.15. The molecule has 9 nitrogen and oxygen atoms in total. The maximum Gasteiger partial charge on any atom is 0.348 e. The number of carbonyl (C=O) groups excluding carboxylic acids is 3. The molecule has 2 amide bonds. The standard InChI is InChI=1S/C17H18N2O7/c1-9(20)26-14(17(23)24)13-16(22)19(5-6-25-13)11-3-4-12-10(7-11)8-18(2)15(12)21/h3-4,7,13-14H,5-6,8H2,1-2H3,(H,23,24)/t13-,14-/m1/s1. The number of hydrogen-bond acceptors (Lipinski definition) is 6. The highest BCUT2D eigenvalue weighted by Gasteiger charge is 2.42. The molecule has 1 aromatic carbocycles. The predicted octanol–water partition coefficient (Wildman–Crippen LogP) is 0.0203. The number of amides is 2. The molecule has 2 heterocycles. The third-order valence-corrected chi connectivity index (χ3v) is 4.32. The van der Waals surface area contributed by atoms with Crippen LogP contribution in [0.5, 0.6) is 0 Å². The minimum Gasteiger partial charge on any atom is -0.478 e. The average molecular weight is 362 g/mol. The van der Waals surface area contributed by atoms with Crippen LogP contribution in [0.15, 0.2) is 18.2 Å². The van der Waals surface area contributed by atoms with E-state index in [4.69, 9.17) is 9.47 Å². The number of carboxylic acid groups (broad SMARTS) is 1. The average Bonchev–Trinajstić information content (AvgIpc) is 2.86. The van der Waals surface area contributed by atoms with Crippen molar-refractivity contribution in [2.75, 3.05) is 25.1 Å². The Bertz CT molecular complexity index is 791. The minimum atomic E-state index is -1.72. The van der Waals surface area contributed by atoms with Crippen LogP contribution in [0.4, 0.5) is 5.69 Å². The maximum absolute atomic E-state index is 12.8. The summed E-state index contributed by atoms with van der Waals surface area (Å²) in [6.07, 6.45) is -3.15. The Morgan fingerprint density at radius 3 is 2.73 bits per heavy atom. The van der Waals surface area contributed by atoms with E-state index in [1.165, 1.54) is 4.90 Å². The Balaban J connectivity index is 1.86. The second-order valence-corrected chi connectivity index (χ2v) is 6.15. The molecule has 0 bridgehead atoms. The van der Waals surface area contributed by atoms with Crippen molar-refractivity contribution in [2.24, 2.45) is 0 Å². The number of carbonyl (C=O) groups is 4. The molecule has 3 rings (SSSR count). The highest BCUT2D eigenvalue weighted by atomic mass is 16.6. The van der Waals surface area contributed by atoms with Gasteiger partial charge in [-0.15, -0.1) is 0 Å². The first kappa shape index (κ1) is 17.9. The van der Waals surface area contributed by atoms with Gasteiger partial charge in [0.05, 0.1) is 6.61 Å². The van der Waals surface area contributed by atoms with E-state index in [9.17, 15) is 24.3 Å². The van der Waals surface area contributed by atoms with Crippen molar-refractivity contribution in [2.45, 2.75) is 25.7 Å². The van der Waals surface area contributed by atoms with Crippen LogP contribution in [-0.2, 0) is 30.4 Å². The third-order valence-electron chi connectivity index (χ3n) is 4.32. The molecule has 0 unspecified atom stereocenters. The molecule has 1 saturated heterocycles. The highest BCUT2D eigenvalue weighted by Crippen LogP contribution is 2.28. The summed E-state index contributed by atoms with van der Waals surface area (Å²) in [7, 11) is 1.69. The Hall–Kier alpha value is -2.94. The van der Waals surface area contributed by atoms with Gasteiger partial charge in [-0.25, -0.2) is 4.79 Å². The predicted molar refractivity (Wildman–Crippen MR) is 87.5 cm³/mol. The highest BCUT2D eigenvalue weighted by molar-refractivity contribution is 6.02. The second kappa shape index (κ2) is 6.75. The van der Waals surface area contributed by atoms with Gasteiger partial charge in [0.2, 0.25) is 6.10 Å². The van der Waals surface area contributed by atoms with Crippen LogP contribution in [0.25, 0.3) is 0 Å². The van der Waals surface area contributed by atoms with E-state index in [2.05, 4.69) is 0 Å². The SMILES string of the molecule is CC(=O)O[C@@H](C(=O)O)[C@H]1OCCN(c2ccc3c(c2)CN(C)C3=O)C1=O. The molecule has 1 N–H and O–H groups in total. The molecule has 9 heteroatoms. The number of nitrogens with zero attached hydrogens (tertiary/aromatic N) is 2. The third kappa shape index (κ3) is 3.13. The van der Waals surface area contributed by atoms with Crippen LogP contribution in [0, 0.1) is 0 Å². The molecule has 1 fully saturated rings. The molecule has 26 heavy (non-hydrogen) atoms. The van der Waals surface area contributed by atoms with E-state index >= 15 is 0 Å². The van der Waals surface area contributed by atoms with Crippen LogP contribution < -0.4 is 4.90 Å². The molecule has 2 atom stereocenters. The maximum atomic E-state index is 12.8. The smallest absolute Gasteiger partial charge is 0.348 e. The lowest BCUT2D eigenvalue weighted by Crippen LogP contribution is -2.55. The summed E-state index contributed by atoms with van der Waals surface area (Å²) in [6, 6.07) is 5.02. The van der Waals surface area contributed by atoms with E-state index in [1.807, 2.05) is 0 Å². The van der Waals surface area contributed by atoms with E-state index in [0.29, 0.717) is 17.8 Å². The van der Waals surface area contributed by atoms with Crippen LogP contribution in [0.3, 0.4) is 0 Å². The van der Waals surface area contributed by atoms with Crippen molar-refractivity contribution < 1.29 is 33.8 Å². The summed E-state index contributed by atoms with van der Waals surface area (Å²) in [4.78, 5) is 50.2. The molecular weight excluding hydrogens is 344 g/mol. The first-order chi connectivity index (χ1) is 12.3. The molecule has 0 aromatic heterocycles. The number of aliphatic carboxylic acids is 1. The zero-order chi connectivity index (χ0) is 19.0. The number of fused-ring (bicyclic) bond motifs is 1. The van der Waals surface area contributed by atoms with Crippen molar-refractivity contribution >= 4 is 29.4 Å². The van der Waals surface area contributed by atoms with Crippen LogP contribution in [0.2, 0.25) is 0 Å². The molecule has 2 aliphatic rings. The zero-order valence-corrected chi connectivity index (χ0v) is 14.3. The van der Waals surface area contributed by atoms with Crippen LogP contribution in [0.1, 0.15) is 22.8 Å². The first-order valence-corrected chi connectivity index (χ1v) is 8.01. The molecule has 0 spiro atoms. The normalized spacial score (nSPS) is 20.8. The summed E-state index contributed by atoms with van der Waals surface area (Å²) < 4.78 is 10.0. The van der Waals surface area contributed by atoms with Gasteiger partial charge in [-0.2, -0.15) is 0 Å². The lowest BCUT2D eigenvalue weighted by molar-refractivity contribution is -0.177. The fraction of sp³-hybridized carbons (Fsp3) is 0.412. The number of anilines is 1. The van der Waals surface area contributed by atoms with E-state index in [0.717, 1.165) is 12.5 Å². The Labute approximate surface area is 149 Å². The minimum absolute atomic E-state index is 0.0847. The Kier molecular flexibility index (Phi) is 4.64. The topological polar surface area (TPSA) is 113 Å². The Morgan fingerprint density at radius 2 is 2.08 bits per heavy atom. The summed E-state index contributed by atoms with van der Waals surface area (Å²) >= 11 is 0. The largest absolute Gasteiger partial charge is 0.478 e. The van der Waals surface area contributed by atoms with Crippen molar-refractivity contribution in [1.82, 2.24) is 4.90 Å². The molecule has 0 aliphatic carbocycles. The lowest BCUT2D eigenvalue weighted by Gasteiger charge is -2.34. The number of carboxylic acids is 1. The van der Waals surface area contributed by atoms with Gasteiger partial charge in [0.1, 0.15) is 0 Å². The molecule has 0 saturated carbocycles. The quantitative estimate of drug-likeness (QED) is 0.751. The summed E-state index contributed by atoms with van der Waals surface area (Å²) in [5.41, 5.74) is 1.91. The Morgan fingerprint density at radius 1 is 1.35 bits per heavy atom. The number of rotatable bonds is 4. The summed E-state index contributed by atoms with van der Waals surface area (Å²) in [6.45, 7) is 1.83. The monoisotopic (exact) mass is 362 g/mol. The van der Waals surface area contributed by atoms with Gasteiger partial charge in [0, 0.05) is 38.3 Å². The van der Waals surface area contributed by atoms with Crippen molar-refractivity contribution in [3.63, 3.8) is 0 Å². The van der Waals surface area contributed by atoms with Gasteiger partial charge in [-0.1, -0.05) is 0 Å². The van der Waals surface area contributed by atoms with Gasteiger partial charge >= 0.3 is 11.9 Å². The van der Waals surface area contributed by atoms with Crippen LogP contribution in [-0.4, -0.2) is 66.2 Å². The van der Waals surface area contributed by atoms with Crippen molar-refractivity contribution in [3.05, 3.63) is 29.3 Å². The van der Waals surface area contributed by atoms with E-state index < -0.39 is 30.1 Å². The molecule has 1 aromatic rings. The number of morpholine rings is 1. The van der Waals surface area contributed by atoms with E-state index in [-0.39, 0.29) is 19.1 Å². The van der Waals surface area contributed by atoms with Gasteiger partial charge in [-0.3, -0.25) is 14.4 Å². The molecule has 138 valence electrons. The van der Waals surface area contributed by atoms with Crippen LogP contribution >= 0.6 is 0 Å². The number of hydrogen-bond donors (Lipinski definition) is 1. The lowest BCUT2D eigenvalue weighted by atomic mass is 10.1. The molecule has 2 aliphatic heterocycles. The summed E-state index contributed by atoms with van der Waals surface area (Å²) in [5, 5.41) is 9.26. The number of ether oxygens (including phenoxy) is 2. The molecular formula is C17H18N2O7. The summed E-state index contributed by atoms with van der Waals surface area (Å²) in [5.74, 6) is -2.97. The number of benzene rings is 1. The fourth-order valence-corrected chi connectivity index (χ4v) is 3.12. The van der Waals surface area contributed by atoms with Gasteiger partial charge < -0.3 is 24.4 Å². The van der Waals surface area contributed by atoms with E-state index in [1.54, 1.807) is 30.1 Å². The first-order valence-electron chi connectivity index (χ1n) is 8.01.